The van der Waals surface area contributed by atoms with Crippen LogP contribution in [0.4, 0.5) is 0 Å². The maximum Gasteiger partial charge on any atom is 0.251 e. The molecule has 6 nitrogen and oxygen atoms in total. The monoisotopic (exact) mass is 411 g/mol. The molecule has 0 aliphatic carbocycles. The van der Waals surface area contributed by atoms with Crippen molar-refractivity contribution >= 4 is 28.3 Å². The summed E-state index contributed by atoms with van der Waals surface area (Å²) in [7, 11) is -3.69. The molecule has 3 N–H and O–H groups in total. The van der Waals surface area contributed by atoms with E-state index in [1.165, 1.54) is 12.1 Å². The normalized spacial score (nSPS) is 10.9. The Hall–Kier alpha value is -1.93. The van der Waals surface area contributed by atoms with Crippen molar-refractivity contribution in [1.82, 2.24) is 15.4 Å². The zero-order valence-corrected chi connectivity index (χ0v) is 16.9. The van der Waals surface area contributed by atoms with Gasteiger partial charge in [-0.3, -0.25) is 4.79 Å². The lowest BCUT2D eigenvalue weighted by Gasteiger charge is -2.09. The number of hydrogen-bond acceptors (Lipinski definition) is 4. The minimum Gasteiger partial charge on any atom is -0.351 e. The maximum absolute atomic E-state index is 12.5. The lowest BCUT2D eigenvalue weighted by atomic mass is 10.2. The standard InChI is InChI=1S/C19H25N3O3S.ClH/c1-2-11-20-12-13-21-19(23)17-9-6-10-18(14-17)26(24,25)22-15-16-7-4-3-5-8-16;/h3-10,14,20,22H,2,11-13,15H2,1H3,(H,21,23);1H. The molecule has 2 rings (SSSR count). The average Bonchev–Trinajstić information content (AvgIpc) is 2.67. The highest BCUT2D eigenvalue weighted by atomic mass is 35.5. The molecule has 2 aromatic rings. The Labute approximate surface area is 167 Å². The van der Waals surface area contributed by atoms with Gasteiger partial charge in [-0.2, -0.15) is 0 Å². The first-order valence-corrected chi connectivity index (χ1v) is 10.1. The van der Waals surface area contributed by atoms with Crippen LogP contribution in [0, 0.1) is 0 Å². The molecule has 0 saturated carbocycles. The van der Waals surface area contributed by atoms with Gasteiger partial charge in [0.2, 0.25) is 10.0 Å². The van der Waals surface area contributed by atoms with Crippen LogP contribution in [0.1, 0.15) is 29.3 Å². The van der Waals surface area contributed by atoms with Crippen LogP contribution in [0.2, 0.25) is 0 Å². The van der Waals surface area contributed by atoms with E-state index in [9.17, 15) is 13.2 Å². The molecule has 0 heterocycles. The van der Waals surface area contributed by atoms with Gasteiger partial charge in [0.05, 0.1) is 4.90 Å². The van der Waals surface area contributed by atoms with E-state index >= 15 is 0 Å². The summed E-state index contributed by atoms with van der Waals surface area (Å²) in [6.45, 7) is 4.33. The first kappa shape index (κ1) is 23.1. The van der Waals surface area contributed by atoms with Gasteiger partial charge in [-0.25, -0.2) is 13.1 Å². The molecule has 0 spiro atoms. The van der Waals surface area contributed by atoms with E-state index < -0.39 is 10.0 Å². The Kier molecular flexibility index (Phi) is 10.0. The van der Waals surface area contributed by atoms with Gasteiger partial charge in [-0.15, -0.1) is 12.4 Å². The van der Waals surface area contributed by atoms with Gasteiger partial charge in [0, 0.05) is 25.2 Å². The number of hydrogen-bond donors (Lipinski definition) is 3. The van der Waals surface area contributed by atoms with Crippen molar-refractivity contribution in [2.45, 2.75) is 24.8 Å². The lowest BCUT2D eigenvalue weighted by Crippen LogP contribution is -2.32. The van der Waals surface area contributed by atoms with E-state index in [-0.39, 0.29) is 29.8 Å². The van der Waals surface area contributed by atoms with Crippen LogP contribution in [-0.2, 0) is 16.6 Å². The number of carbonyl (C=O) groups excluding carboxylic acids is 1. The predicted octanol–water partition coefficient (Wildman–Crippen LogP) is 2.32. The number of amides is 1. The van der Waals surface area contributed by atoms with Crippen molar-refractivity contribution in [2.75, 3.05) is 19.6 Å². The second kappa shape index (κ2) is 11.7. The largest absolute Gasteiger partial charge is 0.351 e. The average molecular weight is 412 g/mol. The third-order valence-electron chi connectivity index (χ3n) is 3.73. The second-order valence-electron chi connectivity index (χ2n) is 5.84. The fourth-order valence-corrected chi connectivity index (χ4v) is 3.39. The summed E-state index contributed by atoms with van der Waals surface area (Å²) in [5, 5.41) is 5.97. The number of rotatable bonds is 10. The SMILES string of the molecule is CCCNCCNC(=O)c1cccc(S(=O)(=O)NCc2ccccc2)c1.Cl. The van der Waals surface area contributed by atoms with Crippen LogP contribution in [0.15, 0.2) is 59.5 Å². The molecule has 8 heteroatoms. The molecule has 27 heavy (non-hydrogen) atoms. The molecule has 1 amide bonds. The van der Waals surface area contributed by atoms with E-state index in [1.54, 1.807) is 12.1 Å². The van der Waals surface area contributed by atoms with Crippen molar-refractivity contribution in [3.63, 3.8) is 0 Å². The summed E-state index contributed by atoms with van der Waals surface area (Å²) in [5.41, 5.74) is 1.19. The highest BCUT2D eigenvalue weighted by Crippen LogP contribution is 2.12. The number of halogens is 1. The first-order chi connectivity index (χ1) is 12.5. The molecule has 0 radical (unpaired) electrons. The Bertz CT molecular complexity index is 814. The van der Waals surface area contributed by atoms with Crippen molar-refractivity contribution < 1.29 is 13.2 Å². The van der Waals surface area contributed by atoms with Crippen LogP contribution < -0.4 is 15.4 Å². The zero-order valence-electron chi connectivity index (χ0n) is 15.3. The summed E-state index contributed by atoms with van der Waals surface area (Å²) in [6, 6.07) is 15.3. The predicted molar refractivity (Wildman–Crippen MR) is 110 cm³/mol. The molecule has 0 aromatic heterocycles. The van der Waals surface area contributed by atoms with Crippen molar-refractivity contribution in [1.29, 1.82) is 0 Å². The topological polar surface area (TPSA) is 87.3 Å². The van der Waals surface area contributed by atoms with Crippen LogP contribution in [-0.4, -0.2) is 34.0 Å². The van der Waals surface area contributed by atoms with Crippen LogP contribution >= 0.6 is 12.4 Å². The Morgan fingerprint density at radius 3 is 2.41 bits per heavy atom. The third-order valence-corrected chi connectivity index (χ3v) is 5.13. The third kappa shape index (κ3) is 7.68. The Morgan fingerprint density at radius 2 is 1.70 bits per heavy atom. The van der Waals surface area contributed by atoms with Gasteiger partial charge in [0.15, 0.2) is 0 Å². The van der Waals surface area contributed by atoms with Gasteiger partial charge in [0.25, 0.3) is 5.91 Å². The van der Waals surface area contributed by atoms with Gasteiger partial charge in [0.1, 0.15) is 0 Å². The molecule has 0 aliphatic rings. The summed E-state index contributed by atoms with van der Waals surface area (Å²) in [5.74, 6) is -0.289. The summed E-state index contributed by atoms with van der Waals surface area (Å²) in [6.07, 6.45) is 1.03. The molecule has 2 aromatic carbocycles. The summed E-state index contributed by atoms with van der Waals surface area (Å²) >= 11 is 0. The van der Waals surface area contributed by atoms with Gasteiger partial charge >= 0.3 is 0 Å². The minimum absolute atomic E-state index is 0. The molecule has 0 aliphatic heterocycles. The quantitative estimate of drug-likeness (QED) is 0.523. The number of sulfonamides is 1. The van der Waals surface area contributed by atoms with Crippen molar-refractivity contribution in [2.24, 2.45) is 0 Å². The van der Waals surface area contributed by atoms with Crippen LogP contribution in [0.3, 0.4) is 0 Å². The Balaban J connectivity index is 0.00000364. The van der Waals surface area contributed by atoms with Crippen LogP contribution in [0.25, 0.3) is 0 Å². The molecule has 0 unspecified atom stereocenters. The van der Waals surface area contributed by atoms with E-state index in [0.29, 0.717) is 18.7 Å². The van der Waals surface area contributed by atoms with E-state index in [2.05, 4.69) is 22.3 Å². The second-order valence-corrected chi connectivity index (χ2v) is 7.61. The van der Waals surface area contributed by atoms with E-state index in [0.717, 1.165) is 18.5 Å². The molecule has 0 bridgehead atoms. The Morgan fingerprint density at radius 1 is 0.963 bits per heavy atom. The molecule has 0 fully saturated rings. The highest BCUT2D eigenvalue weighted by molar-refractivity contribution is 7.89. The van der Waals surface area contributed by atoms with Gasteiger partial charge < -0.3 is 10.6 Å². The number of carbonyl (C=O) groups is 1. The van der Waals surface area contributed by atoms with E-state index in [1.807, 2.05) is 30.3 Å². The summed E-state index contributed by atoms with van der Waals surface area (Å²) in [4.78, 5) is 12.3. The lowest BCUT2D eigenvalue weighted by molar-refractivity contribution is 0.0953. The van der Waals surface area contributed by atoms with Crippen molar-refractivity contribution in [3.8, 4) is 0 Å². The minimum atomic E-state index is -3.69. The molecular formula is C19H26ClN3O3S. The first-order valence-electron chi connectivity index (χ1n) is 8.65. The molecule has 0 atom stereocenters. The van der Waals surface area contributed by atoms with Gasteiger partial charge in [-0.05, 0) is 36.7 Å². The zero-order chi connectivity index (χ0) is 18.8. The molecule has 148 valence electrons. The molecule has 0 saturated heterocycles. The van der Waals surface area contributed by atoms with Crippen LogP contribution in [0.5, 0.6) is 0 Å². The van der Waals surface area contributed by atoms with Gasteiger partial charge in [-0.1, -0.05) is 43.3 Å². The fourth-order valence-electron chi connectivity index (χ4n) is 2.33. The number of benzene rings is 2. The summed E-state index contributed by atoms with van der Waals surface area (Å²) < 4.78 is 27.5. The number of nitrogens with one attached hydrogen (secondary N) is 3. The molecular weight excluding hydrogens is 386 g/mol. The fraction of sp³-hybridized carbons (Fsp3) is 0.316. The smallest absolute Gasteiger partial charge is 0.251 e. The highest BCUT2D eigenvalue weighted by Gasteiger charge is 2.16. The van der Waals surface area contributed by atoms with Crippen molar-refractivity contribution in [3.05, 3.63) is 65.7 Å². The van der Waals surface area contributed by atoms with E-state index in [4.69, 9.17) is 0 Å². The maximum atomic E-state index is 12.5.